The summed E-state index contributed by atoms with van der Waals surface area (Å²) in [6.07, 6.45) is 0.295. The highest BCUT2D eigenvalue weighted by atomic mass is 16.5. The van der Waals surface area contributed by atoms with E-state index in [0.29, 0.717) is 35.9 Å². The Morgan fingerprint density at radius 2 is 1.86 bits per heavy atom. The van der Waals surface area contributed by atoms with Crippen LogP contribution in [0.5, 0.6) is 0 Å². The number of rotatable bonds is 4. The number of hydrogen-bond acceptors (Lipinski definition) is 4. The van der Waals surface area contributed by atoms with Crippen LogP contribution in [-0.4, -0.2) is 34.9 Å². The predicted octanol–water partition coefficient (Wildman–Crippen LogP) is 4.41. The summed E-state index contributed by atoms with van der Waals surface area (Å²) in [6.45, 7) is 10.2. The lowest BCUT2D eigenvalue weighted by Crippen LogP contribution is -2.52. The molecule has 7 heteroatoms. The van der Waals surface area contributed by atoms with Crippen molar-refractivity contribution < 1.29 is 19.2 Å². The SMILES string of the molecule is CCC1CN(C(=O)c2cc(CC(C)C)on2)c2cc(C)c(C)cc2N1C(=O)O. The largest absolute Gasteiger partial charge is 0.465 e. The van der Waals surface area contributed by atoms with E-state index in [1.807, 2.05) is 32.9 Å². The first-order valence-corrected chi connectivity index (χ1v) is 9.63. The monoisotopic (exact) mass is 385 g/mol. The molecule has 0 fully saturated rings. The van der Waals surface area contributed by atoms with Crippen LogP contribution in [-0.2, 0) is 6.42 Å². The van der Waals surface area contributed by atoms with Gasteiger partial charge in [0.1, 0.15) is 5.76 Å². The highest BCUT2D eigenvalue weighted by Gasteiger charge is 2.37. The minimum absolute atomic E-state index is 0.249. The van der Waals surface area contributed by atoms with Crippen LogP contribution in [0, 0.1) is 19.8 Å². The molecule has 0 radical (unpaired) electrons. The molecule has 7 nitrogen and oxygen atoms in total. The van der Waals surface area contributed by atoms with E-state index in [-0.39, 0.29) is 24.2 Å². The molecule has 0 spiro atoms. The Hall–Kier alpha value is -2.83. The number of fused-ring (bicyclic) bond motifs is 1. The molecule has 1 aliphatic heterocycles. The molecule has 28 heavy (non-hydrogen) atoms. The molecular weight excluding hydrogens is 358 g/mol. The van der Waals surface area contributed by atoms with Crippen LogP contribution in [0.15, 0.2) is 22.7 Å². The molecule has 2 heterocycles. The topological polar surface area (TPSA) is 86.9 Å². The number of anilines is 2. The molecule has 1 atom stereocenters. The van der Waals surface area contributed by atoms with Gasteiger partial charge in [-0.2, -0.15) is 0 Å². The molecule has 1 aliphatic rings. The highest BCUT2D eigenvalue weighted by Crippen LogP contribution is 2.39. The fraction of sp³-hybridized carbons (Fsp3) is 0.476. The Kier molecular flexibility index (Phi) is 5.45. The number of carboxylic acid groups (broad SMARTS) is 1. The molecule has 2 aromatic rings. The van der Waals surface area contributed by atoms with Gasteiger partial charge in [-0.3, -0.25) is 9.69 Å². The standard InChI is InChI=1S/C21H27N3O4/c1-6-15-11-23(20(25)17-10-16(28-22-17)7-12(2)3)18-8-13(4)14(5)9-19(18)24(15)21(26)27/h8-10,12,15H,6-7,11H2,1-5H3,(H,26,27). The minimum atomic E-state index is -1.01. The number of aromatic nitrogens is 1. The van der Waals surface area contributed by atoms with Gasteiger partial charge in [-0.25, -0.2) is 4.79 Å². The zero-order valence-electron chi connectivity index (χ0n) is 17.0. The maximum atomic E-state index is 13.2. The van der Waals surface area contributed by atoms with Crippen LogP contribution < -0.4 is 9.80 Å². The van der Waals surface area contributed by atoms with Crippen molar-refractivity contribution in [2.45, 2.75) is 53.5 Å². The van der Waals surface area contributed by atoms with E-state index >= 15 is 0 Å². The summed E-state index contributed by atoms with van der Waals surface area (Å²) in [7, 11) is 0. The molecule has 0 aliphatic carbocycles. The maximum Gasteiger partial charge on any atom is 0.412 e. The summed E-state index contributed by atoms with van der Waals surface area (Å²) in [6, 6.07) is 5.08. The maximum absolute atomic E-state index is 13.2. The highest BCUT2D eigenvalue weighted by molar-refractivity contribution is 6.09. The van der Waals surface area contributed by atoms with E-state index < -0.39 is 6.09 Å². The number of amides is 2. The van der Waals surface area contributed by atoms with Crippen LogP contribution in [0.3, 0.4) is 0 Å². The van der Waals surface area contributed by atoms with Gasteiger partial charge in [0.15, 0.2) is 5.69 Å². The van der Waals surface area contributed by atoms with Crippen LogP contribution in [0.25, 0.3) is 0 Å². The van der Waals surface area contributed by atoms with Crippen molar-refractivity contribution in [3.63, 3.8) is 0 Å². The lowest BCUT2D eigenvalue weighted by molar-refractivity contribution is 0.0973. The number of benzene rings is 1. The average Bonchev–Trinajstić information content (AvgIpc) is 3.08. The summed E-state index contributed by atoms with van der Waals surface area (Å²) in [5.41, 5.74) is 3.35. The smallest absolute Gasteiger partial charge is 0.412 e. The third-order valence-corrected chi connectivity index (χ3v) is 5.21. The zero-order chi connectivity index (χ0) is 20.6. The molecule has 150 valence electrons. The van der Waals surface area contributed by atoms with E-state index in [4.69, 9.17) is 4.52 Å². The number of carbonyl (C=O) groups is 2. The number of aryl methyl sites for hydroxylation is 2. The Labute approximate surface area is 164 Å². The van der Waals surface area contributed by atoms with E-state index in [1.54, 1.807) is 11.0 Å². The second-order valence-electron chi connectivity index (χ2n) is 7.83. The first-order valence-electron chi connectivity index (χ1n) is 9.63. The van der Waals surface area contributed by atoms with Gasteiger partial charge in [0.25, 0.3) is 5.91 Å². The van der Waals surface area contributed by atoms with Gasteiger partial charge in [0.05, 0.1) is 17.4 Å². The van der Waals surface area contributed by atoms with Crippen molar-refractivity contribution in [1.82, 2.24) is 5.16 Å². The summed E-state index contributed by atoms with van der Waals surface area (Å²) < 4.78 is 5.33. The van der Waals surface area contributed by atoms with Crippen LogP contribution in [0.1, 0.15) is 54.6 Å². The van der Waals surface area contributed by atoms with Gasteiger partial charge < -0.3 is 14.5 Å². The molecule has 0 bridgehead atoms. The van der Waals surface area contributed by atoms with E-state index in [0.717, 1.165) is 11.1 Å². The summed E-state index contributed by atoms with van der Waals surface area (Å²) >= 11 is 0. The number of hydrogen-bond donors (Lipinski definition) is 1. The summed E-state index contributed by atoms with van der Waals surface area (Å²) in [5.74, 6) is 0.799. The fourth-order valence-corrected chi connectivity index (χ4v) is 3.60. The van der Waals surface area contributed by atoms with Gasteiger partial charge >= 0.3 is 6.09 Å². The second kappa shape index (κ2) is 7.66. The quantitative estimate of drug-likeness (QED) is 0.842. The van der Waals surface area contributed by atoms with Crippen LogP contribution in [0.4, 0.5) is 16.2 Å². The lowest BCUT2D eigenvalue weighted by Gasteiger charge is -2.41. The Balaban J connectivity index is 2.04. The van der Waals surface area contributed by atoms with Crippen LogP contribution >= 0.6 is 0 Å². The first kappa shape index (κ1) is 19.9. The fourth-order valence-electron chi connectivity index (χ4n) is 3.60. The lowest BCUT2D eigenvalue weighted by atomic mass is 10.00. The molecule has 2 amide bonds. The molecule has 1 N–H and O–H groups in total. The zero-order valence-corrected chi connectivity index (χ0v) is 17.0. The van der Waals surface area contributed by atoms with Gasteiger partial charge in [-0.1, -0.05) is 25.9 Å². The minimum Gasteiger partial charge on any atom is -0.465 e. The van der Waals surface area contributed by atoms with Crippen molar-refractivity contribution >= 4 is 23.4 Å². The van der Waals surface area contributed by atoms with Crippen molar-refractivity contribution in [2.75, 3.05) is 16.3 Å². The third-order valence-electron chi connectivity index (χ3n) is 5.21. The molecule has 1 unspecified atom stereocenters. The Morgan fingerprint density at radius 1 is 1.21 bits per heavy atom. The molecule has 0 saturated carbocycles. The van der Waals surface area contributed by atoms with Gasteiger partial charge in [-0.15, -0.1) is 0 Å². The van der Waals surface area contributed by atoms with Gasteiger partial charge in [-0.05, 0) is 49.4 Å². The molecule has 0 saturated heterocycles. The summed E-state index contributed by atoms with van der Waals surface area (Å²) in [4.78, 5) is 28.2. The van der Waals surface area contributed by atoms with E-state index in [2.05, 4.69) is 19.0 Å². The van der Waals surface area contributed by atoms with Crippen molar-refractivity contribution in [1.29, 1.82) is 0 Å². The molecule has 1 aromatic heterocycles. The number of nitrogens with zero attached hydrogens (tertiary/aromatic N) is 3. The summed E-state index contributed by atoms with van der Waals surface area (Å²) in [5, 5.41) is 13.7. The molecule has 3 rings (SSSR count). The molecule has 1 aromatic carbocycles. The van der Waals surface area contributed by atoms with E-state index in [9.17, 15) is 14.7 Å². The van der Waals surface area contributed by atoms with Crippen molar-refractivity contribution in [2.24, 2.45) is 5.92 Å². The first-order chi connectivity index (χ1) is 13.2. The second-order valence-corrected chi connectivity index (χ2v) is 7.83. The number of carbonyl (C=O) groups excluding carboxylic acids is 1. The van der Waals surface area contributed by atoms with Crippen molar-refractivity contribution in [3.05, 3.63) is 40.8 Å². The average molecular weight is 385 g/mol. The molecular formula is C21H27N3O4. The van der Waals surface area contributed by atoms with Crippen molar-refractivity contribution in [3.8, 4) is 0 Å². The third kappa shape index (κ3) is 3.61. The predicted molar refractivity (Wildman–Crippen MR) is 107 cm³/mol. The van der Waals surface area contributed by atoms with E-state index in [1.165, 1.54) is 4.90 Å². The Bertz CT molecular complexity index is 903. The Morgan fingerprint density at radius 3 is 2.43 bits per heavy atom. The van der Waals surface area contributed by atoms with Crippen LogP contribution in [0.2, 0.25) is 0 Å². The van der Waals surface area contributed by atoms with Gasteiger partial charge in [0.2, 0.25) is 0 Å². The normalized spacial score (nSPS) is 16.4. The van der Waals surface area contributed by atoms with Gasteiger partial charge in [0, 0.05) is 19.0 Å².